The van der Waals surface area contributed by atoms with E-state index in [2.05, 4.69) is 0 Å². The molecular formula is C18H13ClN2O6. The van der Waals surface area contributed by atoms with Crippen molar-refractivity contribution < 1.29 is 28.3 Å². The number of imide groups is 2. The van der Waals surface area contributed by atoms with Crippen LogP contribution in [0.25, 0.3) is 17.4 Å². The molecule has 4 amide bonds. The van der Waals surface area contributed by atoms with E-state index in [-0.39, 0.29) is 28.5 Å². The van der Waals surface area contributed by atoms with Gasteiger partial charge in [-0.2, -0.15) is 0 Å². The van der Waals surface area contributed by atoms with Crippen LogP contribution in [0.4, 0.5) is 4.79 Å². The summed E-state index contributed by atoms with van der Waals surface area (Å²) in [6.45, 7) is 1.90. The molecule has 1 aliphatic rings. The molecule has 2 N–H and O–H groups in total. The third-order valence-corrected chi connectivity index (χ3v) is 3.93. The molecule has 1 aromatic carbocycles. The number of amides is 4. The van der Waals surface area contributed by atoms with Crippen molar-refractivity contribution in [1.29, 1.82) is 0 Å². The summed E-state index contributed by atoms with van der Waals surface area (Å²) < 4.78 is 10.6. The van der Waals surface area contributed by atoms with Gasteiger partial charge < -0.3 is 9.15 Å². The Kier molecular flexibility index (Phi) is 5.09. The lowest BCUT2D eigenvalue weighted by Gasteiger charge is -2.13. The summed E-state index contributed by atoms with van der Waals surface area (Å²) in [6, 6.07) is 6.98. The molecule has 1 aromatic heterocycles. The number of benzene rings is 1. The molecular weight excluding hydrogens is 376 g/mol. The molecule has 9 heteroatoms. The highest BCUT2D eigenvalue weighted by Gasteiger charge is 2.28. The zero-order valence-corrected chi connectivity index (χ0v) is 14.8. The minimum atomic E-state index is -0.880. The summed E-state index contributed by atoms with van der Waals surface area (Å²) in [5.74, 6) is -1.60. The lowest BCUT2D eigenvalue weighted by atomic mass is 10.1. The maximum Gasteiger partial charge on any atom is 0.339 e. The summed E-state index contributed by atoms with van der Waals surface area (Å²) in [5, 5.41) is 4.18. The first-order chi connectivity index (χ1) is 12.9. The number of halogens is 1. The van der Waals surface area contributed by atoms with Crippen molar-refractivity contribution in [1.82, 2.24) is 10.6 Å². The van der Waals surface area contributed by atoms with Gasteiger partial charge in [-0.25, -0.2) is 9.59 Å². The van der Waals surface area contributed by atoms with Gasteiger partial charge in [-0.05, 0) is 43.3 Å². The zero-order chi connectivity index (χ0) is 19.6. The average molecular weight is 389 g/mol. The van der Waals surface area contributed by atoms with Crippen molar-refractivity contribution in [3.05, 3.63) is 52.3 Å². The molecule has 0 radical (unpaired) electrons. The number of carbonyl (C=O) groups is 4. The van der Waals surface area contributed by atoms with E-state index in [9.17, 15) is 19.2 Å². The SMILES string of the molecule is CCOC(=O)c1cc(-c2ccc(C=C3C(=O)NC(=O)NC3=O)o2)ccc1Cl. The molecule has 0 aliphatic carbocycles. The van der Waals surface area contributed by atoms with Gasteiger partial charge in [-0.15, -0.1) is 0 Å². The van der Waals surface area contributed by atoms with Gasteiger partial charge in [-0.1, -0.05) is 11.6 Å². The van der Waals surface area contributed by atoms with Gasteiger partial charge in [0, 0.05) is 5.56 Å². The van der Waals surface area contributed by atoms with Crippen LogP contribution in [0.3, 0.4) is 0 Å². The molecule has 0 atom stereocenters. The molecule has 2 aromatic rings. The molecule has 2 heterocycles. The highest BCUT2D eigenvalue weighted by molar-refractivity contribution is 6.33. The van der Waals surface area contributed by atoms with Crippen LogP contribution in [-0.4, -0.2) is 30.4 Å². The van der Waals surface area contributed by atoms with Crippen molar-refractivity contribution in [3.63, 3.8) is 0 Å². The first-order valence-electron chi connectivity index (χ1n) is 7.84. The Balaban J connectivity index is 1.90. The highest BCUT2D eigenvalue weighted by atomic mass is 35.5. The standard InChI is InChI=1S/C18H13ClN2O6/c1-2-26-17(24)11-7-9(3-5-13(11)19)14-6-4-10(27-14)8-12-15(22)20-18(25)21-16(12)23/h3-8H,2H2,1H3,(H2,20,21,22,23,25). The summed E-state index contributed by atoms with van der Waals surface area (Å²) in [7, 11) is 0. The van der Waals surface area contributed by atoms with E-state index in [1.54, 1.807) is 19.1 Å². The minimum Gasteiger partial charge on any atom is -0.462 e. The molecule has 1 fully saturated rings. The van der Waals surface area contributed by atoms with Gasteiger partial charge in [0.2, 0.25) is 0 Å². The van der Waals surface area contributed by atoms with Gasteiger partial charge in [0.25, 0.3) is 11.8 Å². The predicted octanol–water partition coefficient (Wildman–Crippen LogP) is 2.53. The van der Waals surface area contributed by atoms with Gasteiger partial charge in [0.05, 0.1) is 17.2 Å². The molecule has 0 bridgehead atoms. The number of barbiturate groups is 1. The number of ether oxygens (including phenoxy) is 1. The van der Waals surface area contributed by atoms with Crippen molar-refractivity contribution in [2.45, 2.75) is 6.92 Å². The first kappa shape index (κ1) is 18.4. The normalized spacial score (nSPS) is 13.9. The Labute approximate surface area is 158 Å². The van der Waals surface area contributed by atoms with Crippen molar-refractivity contribution in [3.8, 4) is 11.3 Å². The highest BCUT2D eigenvalue weighted by Crippen LogP contribution is 2.28. The van der Waals surface area contributed by atoms with E-state index in [0.29, 0.717) is 11.3 Å². The van der Waals surface area contributed by atoms with Crippen LogP contribution in [0, 0.1) is 0 Å². The number of esters is 1. The number of nitrogens with one attached hydrogen (secondary N) is 2. The molecule has 1 saturated heterocycles. The number of furan rings is 1. The Morgan fingerprint density at radius 3 is 2.52 bits per heavy atom. The quantitative estimate of drug-likeness (QED) is 0.472. The van der Waals surface area contributed by atoms with Crippen LogP contribution in [0.2, 0.25) is 5.02 Å². The molecule has 0 spiro atoms. The Bertz CT molecular complexity index is 969. The maximum absolute atomic E-state index is 12.0. The molecule has 138 valence electrons. The molecule has 27 heavy (non-hydrogen) atoms. The third kappa shape index (κ3) is 3.90. The average Bonchev–Trinajstić information content (AvgIpc) is 3.07. The smallest absolute Gasteiger partial charge is 0.339 e. The van der Waals surface area contributed by atoms with E-state index in [4.69, 9.17) is 20.8 Å². The number of hydrogen-bond acceptors (Lipinski definition) is 6. The van der Waals surface area contributed by atoms with Gasteiger partial charge in [0.15, 0.2) is 0 Å². The van der Waals surface area contributed by atoms with Crippen molar-refractivity contribution in [2.24, 2.45) is 0 Å². The molecule has 3 rings (SSSR count). The Hall–Kier alpha value is -3.39. The zero-order valence-electron chi connectivity index (χ0n) is 14.0. The number of hydrogen-bond donors (Lipinski definition) is 2. The van der Waals surface area contributed by atoms with E-state index in [0.717, 1.165) is 0 Å². The summed E-state index contributed by atoms with van der Waals surface area (Å²) in [5.41, 5.74) is 0.482. The molecule has 1 aliphatic heterocycles. The van der Waals surface area contributed by atoms with Crippen LogP contribution in [-0.2, 0) is 14.3 Å². The largest absolute Gasteiger partial charge is 0.462 e. The third-order valence-electron chi connectivity index (χ3n) is 3.60. The van der Waals surface area contributed by atoms with E-state index >= 15 is 0 Å². The van der Waals surface area contributed by atoms with Crippen molar-refractivity contribution in [2.75, 3.05) is 6.61 Å². The molecule has 0 unspecified atom stereocenters. The topological polar surface area (TPSA) is 115 Å². The number of carbonyl (C=O) groups excluding carboxylic acids is 4. The molecule has 0 saturated carbocycles. The lowest BCUT2D eigenvalue weighted by molar-refractivity contribution is -0.123. The van der Waals surface area contributed by atoms with Crippen LogP contribution in [0.1, 0.15) is 23.0 Å². The van der Waals surface area contributed by atoms with Crippen molar-refractivity contribution >= 4 is 41.5 Å². The second-order valence-corrected chi connectivity index (χ2v) is 5.82. The fraction of sp³-hybridized carbons (Fsp3) is 0.111. The van der Waals surface area contributed by atoms with E-state index in [1.165, 1.54) is 24.3 Å². The summed E-state index contributed by atoms with van der Waals surface area (Å²) in [4.78, 5) is 46.5. The Morgan fingerprint density at radius 1 is 1.15 bits per heavy atom. The van der Waals surface area contributed by atoms with Gasteiger partial charge >= 0.3 is 12.0 Å². The minimum absolute atomic E-state index is 0.192. The maximum atomic E-state index is 12.0. The Morgan fingerprint density at radius 2 is 1.85 bits per heavy atom. The van der Waals surface area contributed by atoms with Crippen LogP contribution in [0.15, 0.2) is 40.3 Å². The second-order valence-electron chi connectivity index (χ2n) is 5.41. The lowest BCUT2D eigenvalue weighted by Crippen LogP contribution is -2.51. The van der Waals surface area contributed by atoms with Gasteiger partial charge in [-0.3, -0.25) is 20.2 Å². The predicted molar refractivity (Wildman–Crippen MR) is 94.8 cm³/mol. The van der Waals surface area contributed by atoms with Crippen LogP contribution >= 0.6 is 11.6 Å². The van der Waals surface area contributed by atoms with Crippen LogP contribution in [0.5, 0.6) is 0 Å². The summed E-state index contributed by atoms with van der Waals surface area (Å²) >= 11 is 6.03. The van der Waals surface area contributed by atoms with E-state index in [1.807, 2.05) is 10.6 Å². The van der Waals surface area contributed by atoms with E-state index < -0.39 is 23.8 Å². The first-order valence-corrected chi connectivity index (χ1v) is 8.22. The second kappa shape index (κ2) is 7.46. The monoisotopic (exact) mass is 388 g/mol. The fourth-order valence-corrected chi connectivity index (χ4v) is 2.57. The summed E-state index contributed by atoms with van der Waals surface area (Å²) in [6.07, 6.45) is 1.21. The number of rotatable bonds is 4. The van der Waals surface area contributed by atoms with Gasteiger partial charge in [0.1, 0.15) is 17.1 Å². The molecule has 8 nitrogen and oxygen atoms in total. The van der Waals surface area contributed by atoms with Crippen LogP contribution < -0.4 is 10.6 Å². The fourth-order valence-electron chi connectivity index (χ4n) is 2.38. The number of urea groups is 1.